The Labute approximate surface area is 106 Å². The van der Waals surface area contributed by atoms with Gasteiger partial charge in [0.1, 0.15) is 0 Å². The van der Waals surface area contributed by atoms with Crippen LogP contribution < -0.4 is 0 Å². The molecule has 0 rings (SSSR count). The van der Waals surface area contributed by atoms with Gasteiger partial charge in [-0.05, 0) is 51.3 Å². The number of nitrogens with zero attached hydrogens (tertiary/aromatic N) is 1. The van der Waals surface area contributed by atoms with Gasteiger partial charge in [0.15, 0.2) is 0 Å². The van der Waals surface area contributed by atoms with Gasteiger partial charge in [-0.2, -0.15) is 0 Å². The summed E-state index contributed by atoms with van der Waals surface area (Å²) in [5.41, 5.74) is 5.53. The number of hydrogen-bond acceptors (Lipinski definition) is 1. The predicted octanol–water partition coefficient (Wildman–Crippen LogP) is 5.23. The standard InChI is InChI=1S/C16H25N/c1-8-10-13(5)14(6)11-16(9-2)15(7)17-12(3)4/h9,11H,2,5,8,10H2,1,3-4,6-7H3/b14-11+,16-15+. The molecule has 0 spiro atoms. The molecule has 17 heavy (non-hydrogen) atoms. The first-order valence-corrected chi connectivity index (χ1v) is 6.14. The molecule has 0 aromatic rings. The molecule has 0 N–H and O–H groups in total. The predicted molar refractivity (Wildman–Crippen MR) is 79.5 cm³/mol. The summed E-state index contributed by atoms with van der Waals surface area (Å²) in [5, 5.41) is 0. The van der Waals surface area contributed by atoms with E-state index in [4.69, 9.17) is 0 Å². The van der Waals surface area contributed by atoms with Gasteiger partial charge in [0.2, 0.25) is 0 Å². The van der Waals surface area contributed by atoms with Gasteiger partial charge < -0.3 is 0 Å². The average molecular weight is 231 g/mol. The Kier molecular flexibility index (Phi) is 7.20. The molecule has 0 aliphatic carbocycles. The van der Waals surface area contributed by atoms with Gasteiger partial charge in [-0.25, -0.2) is 0 Å². The first-order valence-electron chi connectivity index (χ1n) is 6.14. The molecule has 0 saturated heterocycles. The third kappa shape index (κ3) is 6.06. The molecular weight excluding hydrogens is 206 g/mol. The molecule has 1 nitrogen and oxygen atoms in total. The lowest BCUT2D eigenvalue weighted by atomic mass is 10.0. The summed E-state index contributed by atoms with van der Waals surface area (Å²) in [6.45, 7) is 18.2. The smallest absolute Gasteiger partial charge is 0.0443 e. The summed E-state index contributed by atoms with van der Waals surface area (Å²) in [6.07, 6.45) is 6.14. The Morgan fingerprint density at radius 1 is 1.18 bits per heavy atom. The second kappa shape index (κ2) is 7.83. The first-order chi connectivity index (χ1) is 7.92. The molecule has 0 amide bonds. The molecule has 0 atom stereocenters. The fraction of sp³-hybridized carbons (Fsp3) is 0.438. The summed E-state index contributed by atoms with van der Waals surface area (Å²) in [6, 6.07) is 0. The van der Waals surface area contributed by atoms with Crippen molar-refractivity contribution >= 4 is 5.71 Å². The topological polar surface area (TPSA) is 12.4 Å². The van der Waals surface area contributed by atoms with Crippen molar-refractivity contribution in [2.45, 2.75) is 47.5 Å². The monoisotopic (exact) mass is 231 g/mol. The molecular formula is C16H25N. The highest BCUT2D eigenvalue weighted by Crippen LogP contribution is 2.18. The van der Waals surface area contributed by atoms with Crippen LogP contribution in [-0.2, 0) is 0 Å². The molecule has 0 aliphatic rings. The lowest BCUT2D eigenvalue weighted by molar-refractivity contribution is 0.915. The van der Waals surface area contributed by atoms with Gasteiger partial charge >= 0.3 is 0 Å². The maximum absolute atomic E-state index is 4.46. The van der Waals surface area contributed by atoms with E-state index in [2.05, 4.69) is 38.1 Å². The summed E-state index contributed by atoms with van der Waals surface area (Å²) in [4.78, 5) is 4.46. The highest BCUT2D eigenvalue weighted by Gasteiger charge is 1.99. The Morgan fingerprint density at radius 2 is 1.76 bits per heavy atom. The van der Waals surface area contributed by atoms with Crippen LogP contribution in [0.15, 0.2) is 52.7 Å². The van der Waals surface area contributed by atoms with E-state index in [1.54, 1.807) is 0 Å². The minimum atomic E-state index is 1.00. The van der Waals surface area contributed by atoms with Crippen LogP contribution in [0, 0.1) is 0 Å². The molecule has 0 aromatic heterocycles. The quantitative estimate of drug-likeness (QED) is 0.438. The van der Waals surface area contributed by atoms with Crippen LogP contribution in [0.3, 0.4) is 0 Å². The van der Waals surface area contributed by atoms with Crippen LogP contribution in [0.1, 0.15) is 47.5 Å². The van der Waals surface area contributed by atoms with Crippen LogP contribution in [0.4, 0.5) is 0 Å². The first kappa shape index (κ1) is 15.6. The van der Waals surface area contributed by atoms with Crippen molar-refractivity contribution in [1.29, 1.82) is 0 Å². The Morgan fingerprint density at radius 3 is 2.18 bits per heavy atom. The minimum absolute atomic E-state index is 1.00. The summed E-state index contributed by atoms with van der Waals surface area (Å²) in [7, 11) is 0. The minimum Gasteiger partial charge on any atom is -0.263 e. The van der Waals surface area contributed by atoms with Crippen molar-refractivity contribution in [2.24, 2.45) is 4.99 Å². The summed E-state index contributed by atoms with van der Waals surface area (Å²) in [5.74, 6) is 0. The third-order valence-corrected chi connectivity index (χ3v) is 2.51. The van der Waals surface area contributed by atoms with E-state index in [1.807, 2.05) is 26.8 Å². The highest BCUT2D eigenvalue weighted by atomic mass is 14.7. The van der Waals surface area contributed by atoms with Gasteiger partial charge in [-0.15, -0.1) is 0 Å². The Balaban J connectivity index is 5.17. The second-order valence-electron chi connectivity index (χ2n) is 4.48. The zero-order valence-electron chi connectivity index (χ0n) is 11.9. The number of allylic oxidation sites excluding steroid dienone is 6. The summed E-state index contributed by atoms with van der Waals surface area (Å²) < 4.78 is 0. The molecule has 0 fully saturated rings. The molecule has 0 unspecified atom stereocenters. The van der Waals surface area contributed by atoms with Crippen LogP contribution in [0.2, 0.25) is 0 Å². The number of hydrogen-bond donors (Lipinski definition) is 0. The average Bonchev–Trinajstić information content (AvgIpc) is 2.24. The van der Waals surface area contributed by atoms with E-state index < -0.39 is 0 Å². The van der Waals surface area contributed by atoms with Crippen molar-refractivity contribution < 1.29 is 0 Å². The normalized spacial score (nSPS) is 12.9. The highest BCUT2D eigenvalue weighted by molar-refractivity contribution is 5.80. The van der Waals surface area contributed by atoms with E-state index in [-0.39, 0.29) is 0 Å². The maximum Gasteiger partial charge on any atom is 0.0443 e. The number of rotatable bonds is 6. The molecule has 94 valence electrons. The number of aliphatic imine (C=N–C) groups is 1. The fourth-order valence-electron chi connectivity index (χ4n) is 1.55. The Hall–Kier alpha value is -1.37. The molecule has 0 aliphatic heterocycles. The van der Waals surface area contributed by atoms with Gasteiger partial charge in [0.05, 0.1) is 0 Å². The molecule has 0 heterocycles. The SMILES string of the molecule is C=CC(/C=C(\C)C(=C)CCC)=C(/C)N=C(C)C. The maximum atomic E-state index is 4.46. The van der Waals surface area contributed by atoms with Crippen molar-refractivity contribution in [3.8, 4) is 0 Å². The van der Waals surface area contributed by atoms with Gasteiger partial charge in [-0.3, -0.25) is 4.99 Å². The van der Waals surface area contributed by atoms with Crippen LogP contribution in [0.25, 0.3) is 0 Å². The van der Waals surface area contributed by atoms with Gasteiger partial charge in [0.25, 0.3) is 0 Å². The molecule has 0 radical (unpaired) electrons. The third-order valence-electron chi connectivity index (χ3n) is 2.51. The summed E-state index contributed by atoms with van der Waals surface area (Å²) >= 11 is 0. The van der Waals surface area contributed by atoms with E-state index in [9.17, 15) is 0 Å². The lowest BCUT2D eigenvalue weighted by Crippen LogP contribution is -1.88. The van der Waals surface area contributed by atoms with E-state index in [1.165, 1.54) is 11.1 Å². The Bertz CT molecular complexity index is 374. The van der Waals surface area contributed by atoms with E-state index in [0.29, 0.717) is 0 Å². The van der Waals surface area contributed by atoms with Crippen molar-refractivity contribution in [1.82, 2.24) is 0 Å². The molecule has 0 bridgehead atoms. The van der Waals surface area contributed by atoms with Gasteiger partial charge in [-0.1, -0.05) is 38.2 Å². The zero-order valence-corrected chi connectivity index (χ0v) is 11.9. The fourth-order valence-corrected chi connectivity index (χ4v) is 1.55. The van der Waals surface area contributed by atoms with E-state index >= 15 is 0 Å². The molecule has 0 aromatic carbocycles. The molecule has 1 heteroatoms. The van der Waals surface area contributed by atoms with Crippen molar-refractivity contribution in [2.75, 3.05) is 0 Å². The van der Waals surface area contributed by atoms with E-state index in [0.717, 1.165) is 29.8 Å². The lowest BCUT2D eigenvalue weighted by Gasteiger charge is -2.06. The van der Waals surface area contributed by atoms with Crippen molar-refractivity contribution in [3.63, 3.8) is 0 Å². The molecule has 0 saturated carbocycles. The van der Waals surface area contributed by atoms with Crippen molar-refractivity contribution in [3.05, 3.63) is 47.7 Å². The van der Waals surface area contributed by atoms with Crippen LogP contribution in [-0.4, -0.2) is 5.71 Å². The second-order valence-corrected chi connectivity index (χ2v) is 4.48. The largest absolute Gasteiger partial charge is 0.263 e. The zero-order chi connectivity index (χ0) is 13.4. The van der Waals surface area contributed by atoms with Crippen LogP contribution in [0.5, 0.6) is 0 Å². The van der Waals surface area contributed by atoms with Gasteiger partial charge in [0, 0.05) is 11.4 Å². The van der Waals surface area contributed by atoms with Crippen LogP contribution >= 0.6 is 0 Å².